The Balaban J connectivity index is 2.13. The predicted molar refractivity (Wildman–Crippen MR) is 71.5 cm³/mol. The molecule has 2 saturated heterocycles. The van der Waals surface area contributed by atoms with Crippen LogP contribution in [0.4, 0.5) is 4.79 Å². The summed E-state index contributed by atoms with van der Waals surface area (Å²) in [6, 6.07) is -0.156. The lowest BCUT2D eigenvalue weighted by molar-refractivity contribution is -0.149. The van der Waals surface area contributed by atoms with Crippen LogP contribution in [0.25, 0.3) is 0 Å². The van der Waals surface area contributed by atoms with E-state index in [1.807, 2.05) is 27.7 Å². The summed E-state index contributed by atoms with van der Waals surface area (Å²) in [5, 5.41) is 9.08. The monoisotopic (exact) mass is 285 g/mol. The van der Waals surface area contributed by atoms with E-state index in [0.717, 1.165) is 12.8 Å². The maximum absolute atomic E-state index is 12.3. The number of rotatable bonds is 1. The Morgan fingerprint density at radius 3 is 2.50 bits per heavy atom. The number of amides is 1. The largest absolute Gasteiger partial charge is 0.479 e. The standard InChI is InChI=1S/C14H23NO5/c1-8-5-6-10-9(7-11(19-10)12(16)17)15(8)13(18)20-14(2,3)4/h8-11H,5-7H2,1-4H3,(H,16,17). The number of carboxylic acid groups (broad SMARTS) is 1. The molecule has 2 rings (SSSR count). The number of carboxylic acids is 1. The molecule has 1 amide bonds. The minimum atomic E-state index is -0.962. The summed E-state index contributed by atoms with van der Waals surface area (Å²) in [7, 11) is 0. The number of carbonyl (C=O) groups is 2. The Labute approximate surface area is 119 Å². The normalized spacial score (nSPS) is 33.7. The molecule has 0 spiro atoms. The summed E-state index contributed by atoms with van der Waals surface area (Å²) in [5.41, 5.74) is -0.560. The number of carbonyl (C=O) groups excluding carboxylic acids is 1. The zero-order chi connectivity index (χ0) is 15.1. The van der Waals surface area contributed by atoms with E-state index in [1.54, 1.807) is 4.90 Å². The molecule has 0 aliphatic carbocycles. The zero-order valence-corrected chi connectivity index (χ0v) is 12.5. The molecule has 2 heterocycles. The van der Waals surface area contributed by atoms with Gasteiger partial charge in [-0.3, -0.25) is 4.90 Å². The van der Waals surface area contributed by atoms with Gasteiger partial charge in [0.25, 0.3) is 0 Å². The molecule has 0 aromatic heterocycles. The maximum Gasteiger partial charge on any atom is 0.410 e. The van der Waals surface area contributed by atoms with Gasteiger partial charge in [0.1, 0.15) is 5.60 Å². The van der Waals surface area contributed by atoms with Crippen LogP contribution in [-0.2, 0) is 14.3 Å². The van der Waals surface area contributed by atoms with E-state index in [4.69, 9.17) is 14.6 Å². The van der Waals surface area contributed by atoms with Gasteiger partial charge in [-0.2, -0.15) is 0 Å². The molecular weight excluding hydrogens is 262 g/mol. The number of aliphatic carboxylic acids is 1. The van der Waals surface area contributed by atoms with Crippen molar-refractivity contribution in [3.05, 3.63) is 0 Å². The molecule has 0 bridgehead atoms. The van der Waals surface area contributed by atoms with Crippen LogP contribution < -0.4 is 0 Å². The summed E-state index contributed by atoms with van der Waals surface area (Å²) in [6.07, 6.45) is 0.528. The number of ether oxygens (including phenoxy) is 2. The van der Waals surface area contributed by atoms with Crippen molar-refractivity contribution in [1.82, 2.24) is 4.90 Å². The van der Waals surface area contributed by atoms with Crippen LogP contribution >= 0.6 is 0 Å². The fraction of sp³-hybridized carbons (Fsp3) is 0.857. The van der Waals surface area contributed by atoms with Crippen LogP contribution in [0.1, 0.15) is 47.0 Å². The second-order valence-corrected chi connectivity index (χ2v) is 6.62. The predicted octanol–water partition coefficient (Wildman–Crippen LogP) is 2.02. The third kappa shape index (κ3) is 3.06. The van der Waals surface area contributed by atoms with Crippen molar-refractivity contribution >= 4 is 12.1 Å². The highest BCUT2D eigenvalue weighted by atomic mass is 16.6. The van der Waals surface area contributed by atoms with E-state index in [9.17, 15) is 9.59 Å². The van der Waals surface area contributed by atoms with Crippen molar-refractivity contribution in [3.63, 3.8) is 0 Å². The number of likely N-dealkylation sites (tertiary alicyclic amines) is 1. The van der Waals surface area contributed by atoms with Gasteiger partial charge in [0.15, 0.2) is 6.10 Å². The van der Waals surface area contributed by atoms with Crippen molar-refractivity contribution in [2.24, 2.45) is 0 Å². The molecule has 1 N–H and O–H groups in total. The van der Waals surface area contributed by atoms with E-state index in [2.05, 4.69) is 0 Å². The maximum atomic E-state index is 12.3. The molecule has 4 atom stereocenters. The van der Waals surface area contributed by atoms with Gasteiger partial charge in [-0.1, -0.05) is 0 Å². The molecule has 4 unspecified atom stereocenters. The van der Waals surface area contributed by atoms with Crippen LogP contribution in [0.5, 0.6) is 0 Å². The second-order valence-electron chi connectivity index (χ2n) is 6.62. The molecule has 2 aliphatic heterocycles. The molecule has 20 heavy (non-hydrogen) atoms. The van der Waals surface area contributed by atoms with Crippen LogP contribution in [0.2, 0.25) is 0 Å². The first-order chi connectivity index (χ1) is 9.19. The Morgan fingerprint density at radius 2 is 1.95 bits per heavy atom. The Bertz CT molecular complexity index is 403. The molecule has 6 heteroatoms. The molecule has 6 nitrogen and oxygen atoms in total. The minimum Gasteiger partial charge on any atom is -0.479 e. The number of fused-ring (bicyclic) bond motifs is 1. The van der Waals surface area contributed by atoms with Crippen molar-refractivity contribution in [2.75, 3.05) is 0 Å². The summed E-state index contributed by atoms with van der Waals surface area (Å²) in [6.45, 7) is 7.43. The number of piperidine rings is 1. The first kappa shape index (κ1) is 15.1. The van der Waals surface area contributed by atoms with Gasteiger partial charge < -0.3 is 14.6 Å². The first-order valence-corrected chi connectivity index (χ1v) is 7.08. The van der Waals surface area contributed by atoms with E-state index < -0.39 is 17.7 Å². The minimum absolute atomic E-state index is 0.0437. The van der Waals surface area contributed by atoms with Gasteiger partial charge in [-0.25, -0.2) is 9.59 Å². The lowest BCUT2D eigenvalue weighted by Gasteiger charge is -2.41. The van der Waals surface area contributed by atoms with E-state index in [1.165, 1.54) is 0 Å². The van der Waals surface area contributed by atoms with Crippen molar-refractivity contribution in [3.8, 4) is 0 Å². The average molecular weight is 285 g/mol. The molecule has 0 aromatic carbocycles. The molecule has 0 saturated carbocycles. The molecule has 0 radical (unpaired) electrons. The average Bonchev–Trinajstić information content (AvgIpc) is 2.69. The fourth-order valence-electron chi connectivity index (χ4n) is 2.94. The quantitative estimate of drug-likeness (QED) is 0.797. The SMILES string of the molecule is CC1CCC2OC(C(=O)O)CC2N1C(=O)OC(C)(C)C. The molecule has 114 valence electrons. The first-order valence-electron chi connectivity index (χ1n) is 7.08. The summed E-state index contributed by atoms with van der Waals surface area (Å²) < 4.78 is 11.0. The van der Waals surface area contributed by atoms with Crippen LogP contribution in [0, 0.1) is 0 Å². The zero-order valence-electron chi connectivity index (χ0n) is 12.5. The third-order valence-corrected chi connectivity index (χ3v) is 3.80. The topological polar surface area (TPSA) is 76.1 Å². The molecule has 2 fully saturated rings. The van der Waals surface area contributed by atoms with E-state index in [-0.39, 0.29) is 24.3 Å². The van der Waals surface area contributed by atoms with Crippen LogP contribution in [0.15, 0.2) is 0 Å². The van der Waals surface area contributed by atoms with E-state index in [0.29, 0.717) is 6.42 Å². The van der Waals surface area contributed by atoms with Gasteiger partial charge in [-0.15, -0.1) is 0 Å². The van der Waals surface area contributed by atoms with Crippen LogP contribution in [0.3, 0.4) is 0 Å². The van der Waals surface area contributed by atoms with Crippen molar-refractivity contribution < 1.29 is 24.2 Å². The van der Waals surface area contributed by atoms with E-state index >= 15 is 0 Å². The Morgan fingerprint density at radius 1 is 1.30 bits per heavy atom. The number of hydrogen-bond donors (Lipinski definition) is 1. The smallest absolute Gasteiger partial charge is 0.410 e. The van der Waals surface area contributed by atoms with Crippen molar-refractivity contribution in [2.45, 2.75) is 76.9 Å². The summed E-state index contributed by atoms with van der Waals surface area (Å²) in [5.74, 6) is -0.962. The van der Waals surface area contributed by atoms with Gasteiger partial charge >= 0.3 is 12.1 Å². The number of nitrogens with zero attached hydrogens (tertiary/aromatic N) is 1. The molecule has 2 aliphatic rings. The molecular formula is C14H23NO5. The summed E-state index contributed by atoms with van der Waals surface area (Å²) >= 11 is 0. The highest BCUT2D eigenvalue weighted by molar-refractivity contribution is 5.74. The lowest BCUT2D eigenvalue weighted by atomic mass is 9.93. The third-order valence-electron chi connectivity index (χ3n) is 3.80. The van der Waals surface area contributed by atoms with Gasteiger partial charge in [0.2, 0.25) is 0 Å². The number of hydrogen-bond acceptors (Lipinski definition) is 4. The van der Waals surface area contributed by atoms with Crippen molar-refractivity contribution in [1.29, 1.82) is 0 Å². The fourth-order valence-corrected chi connectivity index (χ4v) is 2.94. The summed E-state index contributed by atoms with van der Waals surface area (Å²) in [4.78, 5) is 25.1. The van der Waals surface area contributed by atoms with Gasteiger partial charge in [0.05, 0.1) is 12.1 Å². The highest BCUT2D eigenvalue weighted by Crippen LogP contribution is 2.35. The highest BCUT2D eigenvalue weighted by Gasteiger charge is 2.48. The van der Waals surface area contributed by atoms with Gasteiger partial charge in [0, 0.05) is 12.5 Å². The second kappa shape index (κ2) is 5.24. The lowest BCUT2D eigenvalue weighted by Crippen LogP contribution is -2.54. The van der Waals surface area contributed by atoms with Crippen LogP contribution in [-0.4, -0.2) is 52.0 Å². The Kier molecular flexibility index (Phi) is 3.95. The Hall–Kier alpha value is -1.30. The van der Waals surface area contributed by atoms with Gasteiger partial charge in [-0.05, 0) is 40.5 Å². The molecule has 0 aromatic rings.